The van der Waals surface area contributed by atoms with Gasteiger partial charge >= 0.3 is 9.28 Å². The van der Waals surface area contributed by atoms with E-state index in [2.05, 4.69) is 0 Å². The van der Waals surface area contributed by atoms with Gasteiger partial charge in [-0.2, -0.15) is 0 Å². The molecule has 0 aliphatic heterocycles. The molecule has 0 amide bonds. The number of nitrogens with two attached hydrogens (primary N) is 1. The van der Waals surface area contributed by atoms with E-state index >= 15 is 0 Å². The van der Waals surface area contributed by atoms with Crippen molar-refractivity contribution in [3.8, 4) is 0 Å². The summed E-state index contributed by atoms with van der Waals surface area (Å²) in [5, 5.41) is 0.965. The van der Waals surface area contributed by atoms with Crippen LogP contribution in [0.1, 0.15) is 0 Å². The van der Waals surface area contributed by atoms with E-state index in [1.54, 1.807) is 14.2 Å². The maximum absolute atomic E-state index is 5.74. The normalized spacial score (nSPS) is 10.6. The predicted molar refractivity (Wildman–Crippen MR) is 50.3 cm³/mol. The lowest BCUT2D eigenvalue weighted by atomic mass is 10.3. The first-order valence-corrected chi connectivity index (χ1v) is 4.91. The fraction of sp³-hybridized carbons (Fsp3) is 0.250. The monoisotopic (exact) mass is 182 g/mol. The molecule has 0 aromatic heterocycles. The van der Waals surface area contributed by atoms with E-state index in [0.29, 0.717) is 0 Å². The molecule has 1 aromatic rings. The molecule has 2 N–H and O–H groups in total. The molecule has 0 aliphatic rings. The molecule has 3 nitrogen and oxygen atoms in total. The minimum Gasteiger partial charge on any atom is -0.399 e. The van der Waals surface area contributed by atoms with Crippen LogP contribution in [0.4, 0.5) is 5.69 Å². The molecular formula is C8H12NO2Si. The van der Waals surface area contributed by atoms with Gasteiger partial charge in [0, 0.05) is 25.1 Å². The summed E-state index contributed by atoms with van der Waals surface area (Å²) in [6.45, 7) is 0. The third-order valence-corrected chi connectivity index (χ3v) is 3.19. The molecule has 1 rings (SSSR count). The Morgan fingerprint density at radius 2 is 1.75 bits per heavy atom. The van der Waals surface area contributed by atoms with E-state index < -0.39 is 9.28 Å². The number of hydrogen-bond acceptors (Lipinski definition) is 3. The van der Waals surface area contributed by atoms with Gasteiger partial charge < -0.3 is 14.6 Å². The largest absolute Gasteiger partial charge is 0.425 e. The zero-order valence-electron chi connectivity index (χ0n) is 7.20. The van der Waals surface area contributed by atoms with Gasteiger partial charge in [-0.05, 0) is 6.07 Å². The highest BCUT2D eigenvalue weighted by Crippen LogP contribution is 1.99. The lowest BCUT2D eigenvalue weighted by Gasteiger charge is -2.10. The minimum absolute atomic E-state index is 0.732. The number of anilines is 1. The van der Waals surface area contributed by atoms with Crippen LogP contribution in [0.15, 0.2) is 24.3 Å². The fourth-order valence-corrected chi connectivity index (χ4v) is 2.14. The van der Waals surface area contributed by atoms with Crippen molar-refractivity contribution in [2.45, 2.75) is 0 Å². The van der Waals surface area contributed by atoms with Gasteiger partial charge in [-0.3, -0.25) is 0 Å². The topological polar surface area (TPSA) is 44.5 Å². The minimum atomic E-state index is -1.36. The van der Waals surface area contributed by atoms with Crippen molar-refractivity contribution in [2.75, 3.05) is 20.0 Å². The zero-order chi connectivity index (χ0) is 8.97. The number of rotatable bonds is 3. The second-order valence-electron chi connectivity index (χ2n) is 2.28. The van der Waals surface area contributed by atoms with E-state index in [9.17, 15) is 0 Å². The molecule has 0 unspecified atom stereocenters. The van der Waals surface area contributed by atoms with E-state index in [1.807, 2.05) is 24.3 Å². The average Bonchev–Trinajstić information content (AvgIpc) is 2.10. The second kappa shape index (κ2) is 4.25. The summed E-state index contributed by atoms with van der Waals surface area (Å²) in [6.07, 6.45) is 0. The lowest BCUT2D eigenvalue weighted by molar-refractivity contribution is 0.292. The molecule has 1 radical (unpaired) electrons. The Kier molecular flexibility index (Phi) is 3.27. The van der Waals surface area contributed by atoms with Crippen molar-refractivity contribution in [3.05, 3.63) is 24.3 Å². The number of nitrogen functional groups attached to an aromatic ring is 1. The van der Waals surface area contributed by atoms with Gasteiger partial charge in [-0.1, -0.05) is 18.2 Å². The number of benzene rings is 1. The molecule has 0 fully saturated rings. The van der Waals surface area contributed by atoms with Gasteiger partial charge in [0.05, 0.1) is 0 Å². The molecule has 65 valence electrons. The summed E-state index contributed by atoms with van der Waals surface area (Å²) >= 11 is 0. The summed E-state index contributed by atoms with van der Waals surface area (Å²) in [7, 11) is 1.90. The summed E-state index contributed by atoms with van der Waals surface area (Å²) in [6, 6.07) is 7.59. The van der Waals surface area contributed by atoms with Crippen LogP contribution < -0.4 is 10.9 Å². The van der Waals surface area contributed by atoms with Crippen molar-refractivity contribution in [3.63, 3.8) is 0 Å². The SMILES string of the molecule is CO[Si](OC)c1ccccc1N. The molecule has 1 aromatic carbocycles. The number of hydrogen-bond donors (Lipinski definition) is 1. The van der Waals surface area contributed by atoms with Gasteiger partial charge in [0.25, 0.3) is 0 Å². The van der Waals surface area contributed by atoms with Gasteiger partial charge in [0.2, 0.25) is 0 Å². The van der Waals surface area contributed by atoms with Crippen LogP contribution in [-0.4, -0.2) is 23.5 Å². The van der Waals surface area contributed by atoms with Crippen molar-refractivity contribution >= 4 is 20.2 Å². The zero-order valence-corrected chi connectivity index (χ0v) is 8.20. The second-order valence-corrected chi connectivity index (χ2v) is 4.21. The predicted octanol–water partition coefficient (Wildman–Crippen LogP) is 0.257. The van der Waals surface area contributed by atoms with Crippen LogP contribution in [0, 0.1) is 0 Å². The summed E-state index contributed by atoms with van der Waals surface area (Å²) in [5.41, 5.74) is 6.47. The maximum Gasteiger partial charge on any atom is 0.425 e. The molecule has 0 atom stereocenters. The third kappa shape index (κ3) is 1.85. The van der Waals surface area contributed by atoms with Crippen LogP contribution in [0.3, 0.4) is 0 Å². The quantitative estimate of drug-likeness (QED) is 0.538. The molecule has 0 aliphatic carbocycles. The van der Waals surface area contributed by atoms with Crippen molar-refractivity contribution in [2.24, 2.45) is 0 Å². The summed E-state index contributed by atoms with van der Waals surface area (Å²) in [5.74, 6) is 0. The van der Waals surface area contributed by atoms with E-state index in [4.69, 9.17) is 14.6 Å². The Bertz CT molecular complexity index is 251. The average molecular weight is 182 g/mol. The molecule has 4 heteroatoms. The van der Waals surface area contributed by atoms with E-state index in [1.165, 1.54) is 0 Å². The first-order chi connectivity index (χ1) is 5.79. The molecule has 0 saturated carbocycles. The molecule has 0 bridgehead atoms. The molecule has 0 saturated heterocycles. The Morgan fingerprint density at radius 1 is 1.17 bits per heavy atom. The van der Waals surface area contributed by atoms with Crippen LogP contribution in [0.2, 0.25) is 0 Å². The van der Waals surface area contributed by atoms with Crippen molar-refractivity contribution in [1.29, 1.82) is 0 Å². The fourth-order valence-electron chi connectivity index (χ4n) is 0.986. The Labute approximate surface area is 74.0 Å². The number of para-hydroxylation sites is 1. The standard InChI is InChI=1S/C8H12NO2Si/c1-10-12(11-2)8-6-4-3-5-7(8)9/h3-6H,9H2,1-2H3. The molecule has 0 heterocycles. The summed E-state index contributed by atoms with van der Waals surface area (Å²) in [4.78, 5) is 0. The van der Waals surface area contributed by atoms with Gasteiger partial charge in [0.1, 0.15) is 0 Å². The lowest BCUT2D eigenvalue weighted by Crippen LogP contribution is -2.36. The smallest absolute Gasteiger partial charge is 0.399 e. The van der Waals surface area contributed by atoms with Gasteiger partial charge in [-0.25, -0.2) is 0 Å². The highest BCUT2D eigenvalue weighted by Gasteiger charge is 2.17. The molecular weight excluding hydrogens is 170 g/mol. The van der Waals surface area contributed by atoms with Crippen LogP contribution >= 0.6 is 0 Å². The van der Waals surface area contributed by atoms with Crippen molar-refractivity contribution < 1.29 is 8.85 Å². The first-order valence-electron chi connectivity index (χ1n) is 3.59. The van der Waals surface area contributed by atoms with Crippen LogP contribution in [0.25, 0.3) is 0 Å². The Morgan fingerprint density at radius 3 is 2.25 bits per heavy atom. The summed E-state index contributed by atoms with van der Waals surface area (Å²) < 4.78 is 10.3. The maximum atomic E-state index is 5.74. The molecule has 12 heavy (non-hydrogen) atoms. The Balaban J connectivity index is 2.92. The van der Waals surface area contributed by atoms with Crippen molar-refractivity contribution in [1.82, 2.24) is 0 Å². The third-order valence-electron chi connectivity index (χ3n) is 1.55. The Hall–Kier alpha value is -0.843. The van der Waals surface area contributed by atoms with E-state index in [0.717, 1.165) is 10.9 Å². The van der Waals surface area contributed by atoms with Crippen LogP contribution in [-0.2, 0) is 8.85 Å². The highest BCUT2D eigenvalue weighted by atomic mass is 28.3. The van der Waals surface area contributed by atoms with Crippen LogP contribution in [0.5, 0.6) is 0 Å². The highest BCUT2D eigenvalue weighted by molar-refractivity contribution is 6.62. The first kappa shape index (κ1) is 9.25. The van der Waals surface area contributed by atoms with Gasteiger partial charge in [0.15, 0.2) is 0 Å². The van der Waals surface area contributed by atoms with E-state index in [-0.39, 0.29) is 0 Å². The molecule has 0 spiro atoms. The van der Waals surface area contributed by atoms with Gasteiger partial charge in [-0.15, -0.1) is 0 Å².